The summed E-state index contributed by atoms with van der Waals surface area (Å²) in [6.07, 6.45) is 0.250. The molecular formula is C20H22FN3O5. The van der Waals surface area contributed by atoms with E-state index >= 15 is 0 Å². The number of halogens is 1. The van der Waals surface area contributed by atoms with Crippen LogP contribution in [0.15, 0.2) is 40.1 Å². The molecule has 0 saturated carbocycles. The fourth-order valence-corrected chi connectivity index (χ4v) is 3.05. The Hall–Kier alpha value is -3.17. The summed E-state index contributed by atoms with van der Waals surface area (Å²) in [6, 6.07) is 5.79. The zero-order valence-corrected chi connectivity index (χ0v) is 16.3. The SMILES string of the molecule is Cc1ccc(Nc2cc(=O)n(C)c3c2c(=O)c(OCC(O)CO)cn3C)c(F)c1. The van der Waals surface area contributed by atoms with E-state index in [0.717, 1.165) is 5.56 Å². The van der Waals surface area contributed by atoms with E-state index < -0.39 is 24.0 Å². The molecule has 1 aromatic carbocycles. The van der Waals surface area contributed by atoms with Crippen molar-refractivity contribution in [3.05, 3.63) is 62.4 Å². The Morgan fingerprint density at radius 2 is 1.93 bits per heavy atom. The molecule has 29 heavy (non-hydrogen) atoms. The average molecular weight is 403 g/mol. The van der Waals surface area contributed by atoms with Crippen molar-refractivity contribution >= 4 is 22.4 Å². The van der Waals surface area contributed by atoms with Gasteiger partial charge in [-0.3, -0.25) is 14.2 Å². The molecule has 2 heterocycles. The quantitative estimate of drug-likeness (QED) is 0.570. The Morgan fingerprint density at radius 3 is 2.59 bits per heavy atom. The smallest absolute Gasteiger partial charge is 0.253 e. The van der Waals surface area contributed by atoms with Crippen LogP contribution in [0.5, 0.6) is 5.75 Å². The van der Waals surface area contributed by atoms with Crippen molar-refractivity contribution in [3.8, 4) is 5.75 Å². The van der Waals surface area contributed by atoms with Crippen molar-refractivity contribution in [1.29, 1.82) is 0 Å². The number of aliphatic hydroxyl groups excluding tert-OH is 2. The van der Waals surface area contributed by atoms with Crippen LogP contribution in [0.2, 0.25) is 0 Å². The molecule has 0 spiro atoms. The summed E-state index contributed by atoms with van der Waals surface area (Å²) < 4.78 is 22.5. The molecule has 0 saturated heterocycles. The summed E-state index contributed by atoms with van der Waals surface area (Å²) in [6.45, 7) is 0.959. The fraction of sp³-hybridized carbons (Fsp3) is 0.300. The summed E-state index contributed by atoms with van der Waals surface area (Å²) in [5.41, 5.74) is 0.387. The van der Waals surface area contributed by atoms with E-state index in [2.05, 4.69) is 5.32 Å². The van der Waals surface area contributed by atoms with E-state index in [-0.39, 0.29) is 34.7 Å². The van der Waals surface area contributed by atoms with Crippen LogP contribution >= 0.6 is 0 Å². The van der Waals surface area contributed by atoms with Crippen LogP contribution in [0.4, 0.5) is 15.8 Å². The van der Waals surface area contributed by atoms with Crippen molar-refractivity contribution in [2.24, 2.45) is 14.1 Å². The number of benzene rings is 1. The van der Waals surface area contributed by atoms with Gasteiger partial charge >= 0.3 is 0 Å². The zero-order valence-electron chi connectivity index (χ0n) is 16.3. The minimum atomic E-state index is -1.14. The molecule has 9 heteroatoms. The lowest BCUT2D eigenvalue weighted by Gasteiger charge is -2.17. The number of rotatable bonds is 6. The molecular weight excluding hydrogens is 381 g/mol. The van der Waals surface area contributed by atoms with E-state index in [0.29, 0.717) is 5.65 Å². The molecule has 2 aromatic heterocycles. The van der Waals surface area contributed by atoms with Gasteiger partial charge in [-0.25, -0.2) is 4.39 Å². The molecule has 1 atom stereocenters. The van der Waals surface area contributed by atoms with Gasteiger partial charge in [-0.2, -0.15) is 0 Å². The van der Waals surface area contributed by atoms with E-state index in [1.54, 1.807) is 20.0 Å². The first-order chi connectivity index (χ1) is 13.7. The monoisotopic (exact) mass is 403 g/mol. The number of fused-ring (bicyclic) bond motifs is 1. The number of anilines is 2. The molecule has 0 radical (unpaired) electrons. The predicted octanol–water partition coefficient (Wildman–Crippen LogP) is 1.16. The van der Waals surface area contributed by atoms with Crippen molar-refractivity contribution < 1.29 is 19.3 Å². The molecule has 154 valence electrons. The van der Waals surface area contributed by atoms with Gasteiger partial charge in [0.1, 0.15) is 24.2 Å². The van der Waals surface area contributed by atoms with E-state index in [9.17, 15) is 19.1 Å². The van der Waals surface area contributed by atoms with Crippen molar-refractivity contribution in [2.75, 3.05) is 18.5 Å². The van der Waals surface area contributed by atoms with Crippen LogP contribution < -0.4 is 21.0 Å². The van der Waals surface area contributed by atoms with Gasteiger partial charge in [0.05, 0.1) is 29.6 Å². The number of nitrogens with one attached hydrogen (secondary N) is 1. The Morgan fingerprint density at radius 1 is 1.21 bits per heavy atom. The second kappa shape index (κ2) is 8.06. The Labute approximate surface area is 165 Å². The topological polar surface area (TPSA) is 106 Å². The number of hydrogen-bond donors (Lipinski definition) is 3. The van der Waals surface area contributed by atoms with Crippen molar-refractivity contribution in [1.82, 2.24) is 9.13 Å². The van der Waals surface area contributed by atoms with Crippen LogP contribution in [-0.2, 0) is 14.1 Å². The third-order valence-electron chi connectivity index (χ3n) is 4.54. The molecule has 1 unspecified atom stereocenters. The molecule has 0 aliphatic carbocycles. The normalized spacial score (nSPS) is 12.2. The van der Waals surface area contributed by atoms with E-state index in [4.69, 9.17) is 9.84 Å². The number of aromatic nitrogens is 2. The Balaban J connectivity index is 2.21. The molecule has 0 aliphatic heterocycles. The highest BCUT2D eigenvalue weighted by Gasteiger charge is 2.18. The molecule has 0 fully saturated rings. The van der Waals surface area contributed by atoms with Crippen molar-refractivity contribution in [2.45, 2.75) is 13.0 Å². The summed E-state index contributed by atoms with van der Waals surface area (Å²) in [5, 5.41) is 21.4. The van der Waals surface area contributed by atoms with Crippen molar-refractivity contribution in [3.63, 3.8) is 0 Å². The molecule has 3 N–H and O–H groups in total. The van der Waals surface area contributed by atoms with Crippen LogP contribution in [0.1, 0.15) is 5.56 Å². The molecule has 8 nitrogen and oxygen atoms in total. The maximum atomic E-state index is 14.3. The highest BCUT2D eigenvalue weighted by Crippen LogP contribution is 2.26. The maximum absolute atomic E-state index is 14.3. The lowest BCUT2D eigenvalue weighted by Crippen LogP contribution is -2.26. The van der Waals surface area contributed by atoms with Crippen LogP contribution in [-0.4, -0.2) is 38.7 Å². The van der Waals surface area contributed by atoms with E-state index in [1.165, 1.54) is 40.6 Å². The minimum absolute atomic E-state index is 0.0708. The summed E-state index contributed by atoms with van der Waals surface area (Å²) in [4.78, 5) is 25.5. The Bertz CT molecular complexity index is 1190. The van der Waals surface area contributed by atoms with Gasteiger partial charge in [-0.05, 0) is 24.6 Å². The molecule has 3 aromatic rings. The summed E-state index contributed by atoms with van der Waals surface area (Å²) in [5.74, 6) is -0.590. The van der Waals surface area contributed by atoms with Gasteiger partial charge in [-0.15, -0.1) is 0 Å². The number of hydrogen-bond acceptors (Lipinski definition) is 6. The number of ether oxygens (including phenoxy) is 1. The largest absolute Gasteiger partial charge is 0.485 e. The number of aliphatic hydroxyl groups is 2. The number of aryl methyl sites for hydroxylation is 3. The minimum Gasteiger partial charge on any atom is -0.485 e. The standard InChI is InChI=1S/C20H22FN3O5/c1-11-4-5-14(13(21)6-11)22-15-7-17(27)24(3)20-18(15)19(28)16(8-23(20)2)29-10-12(26)9-25/h4-8,12,22,25-26H,9-10H2,1-3H3. The summed E-state index contributed by atoms with van der Waals surface area (Å²) >= 11 is 0. The highest BCUT2D eigenvalue weighted by molar-refractivity contribution is 5.92. The molecule has 3 rings (SSSR count). The van der Waals surface area contributed by atoms with Gasteiger partial charge in [0, 0.05) is 20.2 Å². The number of pyridine rings is 2. The average Bonchev–Trinajstić information content (AvgIpc) is 2.67. The van der Waals surface area contributed by atoms with Crippen LogP contribution in [0.3, 0.4) is 0 Å². The fourth-order valence-electron chi connectivity index (χ4n) is 3.05. The lowest BCUT2D eigenvalue weighted by molar-refractivity contribution is 0.0531. The lowest BCUT2D eigenvalue weighted by atomic mass is 10.2. The molecule has 0 aliphatic rings. The second-order valence-electron chi connectivity index (χ2n) is 6.84. The second-order valence-corrected chi connectivity index (χ2v) is 6.84. The zero-order chi connectivity index (χ0) is 21.3. The van der Waals surface area contributed by atoms with E-state index in [1.807, 2.05) is 0 Å². The van der Waals surface area contributed by atoms with Gasteiger partial charge in [-0.1, -0.05) is 6.07 Å². The van der Waals surface area contributed by atoms with Gasteiger partial charge in [0.15, 0.2) is 5.75 Å². The molecule has 0 amide bonds. The molecule has 0 bridgehead atoms. The first-order valence-electron chi connectivity index (χ1n) is 8.91. The third kappa shape index (κ3) is 4.01. The van der Waals surface area contributed by atoms with Gasteiger partial charge < -0.3 is 24.8 Å². The first kappa shape index (κ1) is 20.6. The number of nitrogens with zero attached hydrogens (tertiary/aromatic N) is 2. The summed E-state index contributed by atoms with van der Waals surface area (Å²) in [7, 11) is 3.16. The van der Waals surface area contributed by atoms with Gasteiger partial charge in [0.2, 0.25) is 5.43 Å². The maximum Gasteiger partial charge on any atom is 0.253 e. The van der Waals surface area contributed by atoms with Crippen LogP contribution in [0.25, 0.3) is 11.0 Å². The third-order valence-corrected chi connectivity index (χ3v) is 4.54. The first-order valence-corrected chi connectivity index (χ1v) is 8.91. The van der Waals surface area contributed by atoms with Gasteiger partial charge in [0.25, 0.3) is 5.56 Å². The highest BCUT2D eigenvalue weighted by atomic mass is 19.1. The van der Waals surface area contributed by atoms with Crippen LogP contribution in [0, 0.1) is 12.7 Å². The Kier molecular flexibility index (Phi) is 5.71. The predicted molar refractivity (Wildman–Crippen MR) is 107 cm³/mol.